The molecule has 1 aliphatic rings. The molecule has 1 saturated heterocycles. The molecule has 0 unspecified atom stereocenters. The largest absolute Gasteiger partial charge is 0.481 e. The van der Waals surface area contributed by atoms with Gasteiger partial charge in [-0.1, -0.05) is 12.1 Å². The highest BCUT2D eigenvalue weighted by molar-refractivity contribution is 5.73. The normalized spacial score (nSPS) is 13.6. The molecule has 0 radical (unpaired) electrons. The summed E-state index contributed by atoms with van der Waals surface area (Å²) in [4.78, 5) is 19.9. The fourth-order valence-corrected chi connectivity index (χ4v) is 3.76. The number of anilines is 1. The lowest BCUT2D eigenvalue weighted by Crippen LogP contribution is -2.48. The van der Waals surface area contributed by atoms with Crippen molar-refractivity contribution in [1.82, 2.24) is 20.1 Å². The molecule has 1 aliphatic heterocycles. The number of amides is 1. The molecule has 3 heterocycles. The van der Waals surface area contributed by atoms with Crippen molar-refractivity contribution in [2.75, 3.05) is 38.2 Å². The van der Waals surface area contributed by atoms with E-state index in [-0.39, 0.29) is 5.91 Å². The van der Waals surface area contributed by atoms with Gasteiger partial charge in [0.2, 0.25) is 17.7 Å². The second-order valence-corrected chi connectivity index (χ2v) is 8.02. The summed E-state index contributed by atoms with van der Waals surface area (Å²) >= 11 is 0. The molecule has 0 spiro atoms. The van der Waals surface area contributed by atoms with Gasteiger partial charge in [-0.05, 0) is 42.7 Å². The minimum atomic E-state index is 0.155. The average Bonchev–Trinajstić information content (AvgIpc) is 2.87. The van der Waals surface area contributed by atoms with Crippen molar-refractivity contribution in [2.24, 2.45) is 0 Å². The van der Waals surface area contributed by atoms with Crippen molar-refractivity contribution in [2.45, 2.75) is 26.4 Å². The Labute approximate surface area is 194 Å². The zero-order chi connectivity index (χ0) is 23.0. The maximum absolute atomic E-state index is 11.5. The van der Waals surface area contributed by atoms with Crippen LogP contribution in [-0.4, -0.2) is 59.3 Å². The van der Waals surface area contributed by atoms with Gasteiger partial charge in [0.25, 0.3) is 0 Å². The molecule has 3 aromatic rings. The Morgan fingerprint density at radius 2 is 1.61 bits per heavy atom. The number of hydrogen-bond acceptors (Lipinski definition) is 7. The van der Waals surface area contributed by atoms with Gasteiger partial charge < -0.3 is 19.3 Å². The van der Waals surface area contributed by atoms with E-state index in [4.69, 9.17) is 9.47 Å². The monoisotopic (exact) mass is 447 g/mol. The molecule has 1 fully saturated rings. The number of aromatic nitrogens is 3. The topological polar surface area (TPSA) is 80.7 Å². The number of rotatable bonds is 8. The summed E-state index contributed by atoms with van der Waals surface area (Å²) in [5, 5.41) is 8.48. The molecular formula is C25H29N5O3. The van der Waals surface area contributed by atoms with Crippen LogP contribution in [0.1, 0.15) is 23.7 Å². The van der Waals surface area contributed by atoms with E-state index in [9.17, 15) is 4.79 Å². The first-order valence-corrected chi connectivity index (χ1v) is 11.1. The smallest absolute Gasteiger partial charge is 0.233 e. The lowest BCUT2D eigenvalue weighted by molar-refractivity contribution is -0.129. The third-order valence-corrected chi connectivity index (χ3v) is 5.79. The van der Waals surface area contributed by atoms with Crippen LogP contribution in [0.4, 0.5) is 5.69 Å². The van der Waals surface area contributed by atoms with Crippen molar-refractivity contribution >= 4 is 11.6 Å². The number of piperazine rings is 1. The van der Waals surface area contributed by atoms with Gasteiger partial charge in [-0.2, -0.15) is 5.10 Å². The number of ether oxygens (including phenoxy) is 2. The Bertz CT molecular complexity index is 1030. The molecular weight excluding hydrogens is 418 g/mol. The summed E-state index contributed by atoms with van der Waals surface area (Å²) in [6.07, 6.45) is 3.43. The number of nitrogens with zero attached hydrogens (tertiary/aromatic N) is 5. The molecule has 172 valence electrons. The van der Waals surface area contributed by atoms with Crippen LogP contribution in [0.2, 0.25) is 0 Å². The minimum absolute atomic E-state index is 0.155. The average molecular weight is 448 g/mol. The fourth-order valence-electron chi connectivity index (χ4n) is 3.76. The molecule has 2 aromatic heterocycles. The highest BCUT2D eigenvalue weighted by Gasteiger charge is 2.18. The van der Waals surface area contributed by atoms with Gasteiger partial charge in [0.1, 0.15) is 6.61 Å². The number of carbonyl (C=O) groups is 1. The summed E-state index contributed by atoms with van der Waals surface area (Å²) in [5.41, 5.74) is 4.33. The van der Waals surface area contributed by atoms with Crippen LogP contribution < -0.4 is 14.4 Å². The van der Waals surface area contributed by atoms with Gasteiger partial charge in [-0.25, -0.2) is 4.98 Å². The summed E-state index contributed by atoms with van der Waals surface area (Å²) in [5.74, 6) is 1.22. The lowest BCUT2D eigenvalue weighted by atomic mass is 10.1. The molecule has 1 aromatic carbocycles. The maximum atomic E-state index is 11.5. The number of hydrogen-bond donors (Lipinski definition) is 0. The molecule has 0 saturated carbocycles. The van der Waals surface area contributed by atoms with Gasteiger partial charge in [-0.3, -0.25) is 4.79 Å². The van der Waals surface area contributed by atoms with Crippen LogP contribution in [0.15, 0.2) is 54.7 Å². The summed E-state index contributed by atoms with van der Waals surface area (Å²) in [6, 6.07) is 16.2. The molecule has 0 N–H and O–H groups in total. The molecule has 8 heteroatoms. The Hall–Kier alpha value is -3.68. The van der Waals surface area contributed by atoms with E-state index >= 15 is 0 Å². The zero-order valence-electron chi connectivity index (χ0n) is 19.1. The summed E-state index contributed by atoms with van der Waals surface area (Å²) in [6.45, 7) is 5.32. The van der Waals surface area contributed by atoms with E-state index in [2.05, 4.69) is 44.3 Å². The standard InChI is InChI=1S/C25H29N5O3/c1-19(31)29-13-15-30(16-14-29)23-9-4-20(5-10-23)3-7-22-8-12-25(28-27-22)33-18-21-6-11-24(32-2)26-17-21/h4-6,8-12,17H,3,7,13-16,18H2,1-2H3. The first kappa shape index (κ1) is 22.5. The van der Waals surface area contributed by atoms with Crippen LogP contribution in [0.3, 0.4) is 0 Å². The van der Waals surface area contributed by atoms with E-state index in [0.29, 0.717) is 18.4 Å². The van der Waals surface area contributed by atoms with E-state index in [1.807, 2.05) is 23.1 Å². The van der Waals surface area contributed by atoms with Crippen molar-refractivity contribution in [3.8, 4) is 11.8 Å². The van der Waals surface area contributed by atoms with Gasteiger partial charge >= 0.3 is 0 Å². The SMILES string of the molecule is COc1ccc(COc2ccc(CCc3ccc(N4CCN(C(C)=O)CC4)cc3)nn2)cn1. The highest BCUT2D eigenvalue weighted by atomic mass is 16.5. The van der Waals surface area contributed by atoms with Crippen LogP contribution in [0, 0.1) is 0 Å². The van der Waals surface area contributed by atoms with E-state index < -0.39 is 0 Å². The number of benzene rings is 1. The van der Waals surface area contributed by atoms with Crippen LogP contribution in [0.25, 0.3) is 0 Å². The third-order valence-electron chi connectivity index (χ3n) is 5.79. The number of methoxy groups -OCH3 is 1. The molecule has 0 aliphatic carbocycles. The highest BCUT2D eigenvalue weighted by Crippen LogP contribution is 2.19. The Kier molecular flexibility index (Phi) is 7.34. The quantitative estimate of drug-likeness (QED) is 0.525. The number of aryl methyl sites for hydroxylation is 2. The lowest BCUT2D eigenvalue weighted by Gasteiger charge is -2.35. The molecule has 0 bridgehead atoms. The fraction of sp³-hybridized carbons (Fsp3) is 0.360. The number of pyridine rings is 1. The first-order chi connectivity index (χ1) is 16.1. The van der Waals surface area contributed by atoms with Gasteiger partial charge in [0.15, 0.2) is 0 Å². The Morgan fingerprint density at radius 3 is 2.21 bits per heavy atom. The van der Waals surface area contributed by atoms with Crippen LogP contribution in [0.5, 0.6) is 11.8 Å². The second kappa shape index (κ2) is 10.8. The minimum Gasteiger partial charge on any atom is -0.481 e. The van der Waals surface area contributed by atoms with Crippen molar-refractivity contribution in [3.05, 3.63) is 71.5 Å². The Balaban J connectivity index is 1.23. The van der Waals surface area contributed by atoms with Crippen molar-refractivity contribution in [3.63, 3.8) is 0 Å². The summed E-state index contributed by atoms with van der Waals surface area (Å²) in [7, 11) is 1.59. The molecule has 0 atom stereocenters. The predicted molar refractivity (Wildman–Crippen MR) is 125 cm³/mol. The van der Waals surface area contributed by atoms with Crippen molar-refractivity contribution in [1.29, 1.82) is 0 Å². The van der Waals surface area contributed by atoms with Crippen LogP contribution >= 0.6 is 0 Å². The van der Waals surface area contributed by atoms with Gasteiger partial charge in [0, 0.05) is 62.7 Å². The van der Waals surface area contributed by atoms with E-state index in [0.717, 1.165) is 50.3 Å². The Morgan fingerprint density at radius 1 is 0.879 bits per heavy atom. The zero-order valence-corrected chi connectivity index (χ0v) is 19.1. The van der Waals surface area contributed by atoms with Crippen LogP contribution in [-0.2, 0) is 24.2 Å². The van der Waals surface area contributed by atoms with Crippen molar-refractivity contribution < 1.29 is 14.3 Å². The molecule has 33 heavy (non-hydrogen) atoms. The summed E-state index contributed by atoms with van der Waals surface area (Å²) < 4.78 is 10.7. The number of carbonyl (C=O) groups excluding carboxylic acids is 1. The second-order valence-electron chi connectivity index (χ2n) is 8.02. The predicted octanol–water partition coefficient (Wildman–Crippen LogP) is 2.91. The maximum Gasteiger partial charge on any atom is 0.233 e. The van der Waals surface area contributed by atoms with Gasteiger partial charge in [0.05, 0.1) is 12.8 Å². The first-order valence-electron chi connectivity index (χ1n) is 11.1. The van der Waals surface area contributed by atoms with Gasteiger partial charge in [-0.15, -0.1) is 5.10 Å². The molecule has 1 amide bonds. The molecule has 4 rings (SSSR count). The molecule has 8 nitrogen and oxygen atoms in total. The van der Waals surface area contributed by atoms with E-state index in [1.54, 1.807) is 26.3 Å². The third kappa shape index (κ3) is 6.19. The van der Waals surface area contributed by atoms with E-state index in [1.165, 1.54) is 11.3 Å².